The third-order valence-corrected chi connectivity index (χ3v) is 10.1. The number of aliphatic hydroxyl groups is 1. The molecule has 2 aliphatic heterocycles. The zero-order valence-electron chi connectivity index (χ0n) is 25.7. The molecule has 0 spiro atoms. The Morgan fingerprint density at radius 1 is 1.16 bits per heavy atom. The summed E-state index contributed by atoms with van der Waals surface area (Å²) in [5.41, 5.74) is 3.41. The largest absolute Gasteiger partial charge is 0.486 e. The second-order valence-electron chi connectivity index (χ2n) is 13.0. The van der Waals surface area contributed by atoms with Gasteiger partial charge in [0.2, 0.25) is 0 Å². The molecule has 7 rings (SSSR count). The number of amides is 1. The minimum atomic E-state index is -0.578. The number of nitrogens with zero attached hydrogens (tertiary/aromatic N) is 5. The highest BCUT2D eigenvalue weighted by Crippen LogP contribution is 2.46. The molecule has 1 saturated heterocycles. The monoisotopic (exact) mass is 630 g/mol. The molecule has 4 aromatic rings. The van der Waals surface area contributed by atoms with Gasteiger partial charge in [0, 0.05) is 48.9 Å². The van der Waals surface area contributed by atoms with Crippen LogP contribution in [-0.4, -0.2) is 63.2 Å². The average molecular weight is 631 g/mol. The molecule has 0 radical (unpaired) electrons. The molecule has 0 unspecified atom stereocenters. The van der Waals surface area contributed by atoms with Gasteiger partial charge >= 0.3 is 0 Å². The first-order valence-electron chi connectivity index (χ1n) is 15.0. The number of fused-ring (bicyclic) bond motifs is 3. The van der Waals surface area contributed by atoms with Crippen molar-refractivity contribution in [2.75, 3.05) is 36.9 Å². The number of likely N-dealkylation sites (tertiary alicyclic amines) is 1. The highest BCUT2D eigenvalue weighted by Gasteiger charge is 2.38. The fourth-order valence-corrected chi connectivity index (χ4v) is 8.19. The Labute approximate surface area is 264 Å². The third-order valence-electron chi connectivity index (χ3n) is 8.82. The van der Waals surface area contributed by atoms with Gasteiger partial charge in [-0.05, 0) is 67.1 Å². The fraction of sp³-hybridized carbons (Fsp3) is 0.394. The van der Waals surface area contributed by atoms with E-state index in [1.807, 2.05) is 7.05 Å². The van der Waals surface area contributed by atoms with E-state index in [-0.39, 0.29) is 28.9 Å². The topological polar surface area (TPSA) is 113 Å². The first-order chi connectivity index (χ1) is 21.5. The molecular formula is C33H35FN6O4S. The lowest BCUT2D eigenvalue weighted by Gasteiger charge is -2.35. The summed E-state index contributed by atoms with van der Waals surface area (Å²) in [6.07, 6.45) is 5.77. The SMILES string of the molecule is CN1CC(Oc2ccc(Nc3nc(-c4cc(F)cc(N5CCc6c(sc7c6CC(C)(C)C7)C5=O)c4CO)cn(C)c3=O)nc2)C1. The first kappa shape index (κ1) is 29.6. The number of hydrogen-bond acceptors (Lipinski definition) is 9. The van der Waals surface area contributed by atoms with Crippen LogP contribution in [0.1, 0.15) is 45.1 Å². The molecule has 1 amide bonds. The van der Waals surface area contributed by atoms with Gasteiger partial charge in [-0.1, -0.05) is 13.8 Å². The van der Waals surface area contributed by atoms with Crippen molar-refractivity contribution >= 4 is 34.6 Å². The number of pyridine rings is 1. The molecule has 45 heavy (non-hydrogen) atoms. The second kappa shape index (κ2) is 11.0. The summed E-state index contributed by atoms with van der Waals surface area (Å²) in [5.74, 6) is 0.243. The number of aryl methyl sites for hydroxylation is 1. The standard InChI is InChI=1S/C33H35FN6O4S/c1-33(2)11-23-21-7-8-40(31(42)29(21)45-27(23)12-33)26-10-18(34)9-22(24(26)17-41)25-16-39(4)32(43)30(36-25)37-28-6-5-19(13-35-28)44-20-14-38(3)15-20/h5-6,9-10,13,16,20,41H,7-8,11-12,14-15,17H2,1-4H3,(H,35,36,37). The van der Waals surface area contributed by atoms with Crippen molar-refractivity contribution in [3.05, 3.63) is 79.3 Å². The Bertz CT molecular complexity index is 1880. The highest BCUT2D eigenvalue weighted by molar-refractivity contribution is 7.14. The molecule has 2 N–H and O–H groups in total. The van der Waals surface area contributed by atoms with Gasteiger partial charge in [-0.2, -0.15) is 0 Å². The predicted molar refractivity (Wildman–Crippen MR) is 171 cm³/mol. The van der Waals surface area contributed by atoms with E-state index in [4.69, 9.17) is 4.74 Å². The number of carbonyl (C=O) groups excluding carboxylic acids is 1. The molecule has 3 aromatic heterocycles. The number of nitrogens with one attached hydrogen (secondary N) is 1. The van der Waals surface area contributed by atoms with Crippen LogP contribution in [0.25, 0.3) is 11.3 Å². The van der Waals surface area contributed by atoms with Gasteiger partial charge in [-0.15, -0.1) is 11.3 Å². The van der Waals surface area contributed by atoms with Crippen molar-refractivity contribution in [3.63, 3.8) is 0 Å². The first-order valence-corrected chi connectivity index (χ1v) is 15.9. The molecule has 1 fully saturated rings. The van der Waals surface area contributed by atoms with E-state index in [9.17, 15) is 14.7 Å². The molecule has 1 aromatic carbocycles. The number of aliphatic hydroxyl groups excluding tert-OH is 1. The van der Waals surface area contributed by atoms with Gasteiger partial charge in [-0.25, -0.2) is 14.4 Å². The number of carbonyl (C=O) groups is 1. The van der Waals surface area contributed by atoms with Crippen LogP contribution in [-0.2, 0) is 32.9 Å². The molecule has 12 heteroatoms. The summed E-state index contributed by atoms with van der Waals surface area (Å²) in [6.45, 7) is 6.12. The number of halogens is 1. The highest BCUT2D eigenvalue weighted by atomic mass is 32.1. The Morgan fingerprint density at radius 2 is 1.96 bits per heavy atom. The number of thiophene rings is 1. The number of likely N-dealkylation sites (N-methyl/N-ethyl adjacent to an activating group) is 1. The summed E-state index contributed by atoms with van der Waals surface area (Å²) >= 11 is 1.54. The van der Waals surface area contributed by atoms with E-state index in [0.717, 1.165) is 31.5 Å². The second-order valence-corrected chi connectivity index (χ2v) is 14.1. The van der Waals surface area contributed by atoms with Crippen molar-refractivity contribution in [3.8, 4) is 17.0 Å². The maximum Gasteiger partial charge on any atom is 0.293 e. The maximum atomic E-state index is 15.3. The lowest BCUT2D eigenvalue weighted by atomic mass is 9.89. The molecule has 0 atom stereocenters. The Morgan fingerprint density at radius 3 is 2.67 bits per heavy atom. The molecule has 0 bridgehead atoms. The van der Waals surface area contributed by atoms with Crippen LogP contribution in [0.15, 0.2) is 41.5 Å². The van der Waals surface area contributed by atoms with E-state index in [1.165, 1.54) is 33.3 Å². The molecule has 234 valence electrons. The van der Waals surface area contributed by atoms with Crippen molar-refractivity contribution in [2.24, 2.45) is 12.5 Å². The molecule has 1 aliphatic carbocycles. The zero-order chi connectivity index (χ0) is 31.6. The van der Waals surface area contributed by atoms with Crippen LogP contribution < -0.4 is 20.5 Å². The van der Waals surface area contributed by atoms with Gasteiger partial charge in [0.05, 0.1) is 29.1 Å². The van der Waals surface area contributed by atoms with Gasteiger partial charge in [0.15, 0.2) is 5.82 Å². The minimum absolute atomic E-state index is 0.0128. The lowest BCUT2D eigenvalue weighted by Crippen LogP contribution is -2.51. The van der Waals surface area contributed by atoms with E-state index in [1.54, 1.807) is 41.6 Å². The normalized spacial score (nSPS) is 17.6. The van der Waals surface area contributed by atoms with Crippen LogP contribution in [0.3, 0.4) is 0 Å². The van der Waals surface area contributed by atoms with Gasteiger partial charge < -0.3 is 24.6 Å². The van der Waals surface area contributed by atoms with Crippen molar-refractivity contribution < 1.29 is 19.0 Å². The third kappa shape index (κ3) is 5.40. The van der Waals surface area contributed by atoms with Crippen molar-refractivity contribution in [1.29, 1.82) is 0 Å². The number of benzene rings is 1. The Kier molecular flexibility index (Phi) is 7.25. The van der Waals surface area contributed by atoms with Crippen LogP contribution in [0.2, 0.25) is 0 Å². The van der Waals surface area contributed by atoms with Crippen LogP contribution in [0.5, 0.6) is 5.75 Å². The molecule has 5 heterocycles. The summed E-state index contributed by atoms with van der Waals surface area (Å²) in [5, 5.41) is 13.5. The summed E-state index contributed by atoms with van der Waals surface area (Å²) < 4.78 is 22.5. The van der Waals surface area contributed by atoms with E-state index < -0.39 is 18.0 Å². The number of hydrogen-bond donors (Lipinski definition) is 2. The number of aromatic nitrogens is 3. The lowest BCUT2D eigenvalue weighted by molar-refractivity contribution is 0.0386. The number of rotatable bonds is 7. The van der Waals surface area contributed by atoms with E-state index in [0.29, 0.717) is 46.2 Å². The van der Waals surface area contributed by atoms with Crippen LogP contribution >= 0.6 is 11.3 Å². The smallest absolute Gasteiger partial charge is 0.293 e. The van der Waals surface area contributed by atoms with Crippen molar-refractivity contribution in [1.82, 2.24) is 19.4 Å². The predicted octanol–water partition coefficient (Wildman–Crippen LogP) is 4.30. The molecule has 0 saturated carbocycles. The zero-order valence-corrected chi connectivity index (χ0v) is 26.5. The minimum Gasteiger partial charge on any atom is -0.486 e. The Hall–Kier alpha value is -4.13. The van der Waals surface area contributed by atoms with Gasteiger partial charge in [-0.3, -0.25) is 14.5 Å². The van der Waals surface area contributed by atoms with Crippen molar-refractivity contribution in [2.45, 2.75) is 45.8 Å². The van der Waals surface area contributed by atoms with E-state index >= 15 is 4.39 Å². The number of anilines is 3. The molecule has 3 aliphatic rings. The summed E-state index contributed by atoms with van der Waals surface area (Å²) in [7, 11) is 3.60. The number of ether oxygens (including phenoxy) is 1. The quantitative estimate of drug-likeness (QED) is 0.311. The van der Waals surface area contributed by atoms with Gasteiger partial charge in [0.1, 0.15) is 23.5 Å². The van der Waals surface area contributed by atoms with Crippen LogP contribution in [0, 0.1) is 11.2 Å². The fourth-order valence-electron chi connectivity index (χ4n) is 6.62. The molecular weight excluding hydrogens is 595 g/mol. The molecule has 10 nitrogen and oxygen atoms in total. The van der Waals surface area contributed by atoms with E-state index in [2.05, 4.69) is 34.0 Å². The van der Waals surface area contributed by atoms with Crippen LogP contribution in [0.4, 0.5) is 21.7 Å². The average Bonchev–Trinajstić information content (AvgIpc) is 3.47. The maximum absolute atomic E-state index is 15.3. The Balaban J connectivity index is 1.19. The summed E-state index contributed by atoms with van der Waals surface area (Å²) in [6, 6.07) is 6.03. The van der Waals surface area contributed by atoms with Gasteiger partial charge in [0.25, 0.3) is 11.5 Å². The summed E-state index contributed by atoms with van der Waals surface area (Å²) in [4.78, 5) is 41.5.